The molecular weight excluding hydrogens is 386 g/mol. The maximum Gasteiger partial charge on any atom is 0.161 e. The fraction of sp³-hybridized carbons (Fsp3) is 0.192. The number of nitrogens with one attached hydrogen (secondary N) is 1. The molecule has 4 aromatic rings. The van der Waals surface area contributed by atoms with Gasteiger partial charge >= 0.3 is 0 Å². The van der Waals surface area contributed by atoms with Crippen LogP contribution in [0.5, 0.6) is 11.5 Å². The number of aromatic nitrogens is 2. The normalized spacial score (nSPS) is 10.7. The van der Waals surface area contributed by atoms with E-state index in [2.05, 4.69) is 58.9 Å². The number of ether oxygens (including phenoxy) is 2. The van der Waals surface area contributed by atoms with Crippen LogP contribution in [-0.2, 0) is 19.7 Å². The van der Waals surface area contributed by atoms with Crippen molar-refractivity contribution in [1.29, 1.82) is 0 Å². The molecule has 1 N–H and O–H groups in total. The average molecular weight is 414 g/mol. The van der Waals surface area contributed by atoms with Gasteiger partial charge in [-0.05, 0) is 53.9 Å². The molecule has 0 spiro atoms. The molecule has 0 aliphatic heterocycles. The van der Waals surface area contributed by atoms with Gasteiger partial charge in [-0.15, -0.1) is 0 Å². The van der Waals surface area contributed by atoms with Gasteiger partial charge in [0, 0.05) is 25.5 Å². The predicted molar refractivity (Wildman–Crippen MR) is 122 cm³/mol. The Kier molecular flexibility index (Phi) is 6.98. The molecule has 0 bridgehead atoms. The van der Waals surface area contributed by atoms with Crippen molar-refractivity contribution in [3.8, 4) is 17.2 Å². The van der Waals surface area contributed by atoms with Crippen molar-refractivity contribution >= 4 is 0 Å². The van der Waals surface area contributed by atoms with Crippen LogP contribution in [0.4, 0.5) is 0 Å². The maximum absolute atomic E-state index is 5.99. The van der Waals surface area contributed by atoms with E-state index in [-0.39, 0.29) is 0 Å². The summed E-state index contributed by atoms with van der Waals surface area (Å²) in [6, 6.07) is 26.6. The van der Waals surface area contributed by atoms with E-state index in [9.17, 15) is 0 Å². The molecule has 0 amide bonds. The Hall–Kier alpha value is -3.57. The lowest BCUT2D eigenvalue weighted by Gasteiger charge is -2.14. The molecule has 0 atom stereocenters. The summed E-state index contributed by atoms with van der Waals surface area (Å²) in [5.74, 6) is 1.55. The van der Waals surface area contributed by atoms with Gasteiger partial charge in [0.25, 0.3) is 0 Å². The summed E-state index contributed by atoms with van der Waals surface area (Å²) < 4.78 is 13.7. The van der Waals surface area contributed by atoms with E-state index in [1.165, 1.54) is 5.56 Å². The molecule has 0 aliphatic rings. The van der Waals surface area contributed by atoms with Crippen LogP contribution in [0.1, 0.15) is 23.6 Å². The third kappa shape index (κ3) is 5.74. The lowest BCUT2D eigenvalue weighted by atomic mass is 10.1. The number of rotatable bonds is 10. The minimum absolute atomic E-state index is 0.521. The van der Waals surface area contributed by atoms with Crippen LogP contribution in [0.3, 0.4) is 0 Å². The molecule has 0 radical (unpaired) electrons. The first-order valence-electron chi connectivity index (χ1n) is 10.5. The van der Waals surface area contributed by atoms with Gasteiger partial charge in [-0.25, -0.2) is 4.68 Å². The van der Waals surface area contributed by atoms with Gasteiger partial charge in [-0.3, -0.25) is 0 Å². The topological polar surface area (TPSA) is 48.3 Å². The molecule has 158 valence electrons. The Labute approximate surface area is 183 Å². The molecule has 5 heteroatoms. The van der Waals surface area contributed by atoms with E-state index in [1.54, 1.807) is 6.20 Å². The number of hydrogen-bond acceptors (Lipinski definition) is 4. The van der Waals surface area contributed by atoms with Crippen LogP contribution in [0, 0.1) is 0 Å². The first kappa shape index (κ1) is 20.7. The molecule has 0 unspecified atom stereocenters. The number of benzene rings is 3. The second kappa shape index (κ2) is 10.5. The highest BCUT2D eigenvalue weighted by atomic mass is 16.5. The quantitative estimate of drug-likeness (QED) is 0.391. The van der Waals surface area contributed by atoms with Crippen LogP contribution < -0.4 is 14.8 Å². The summed E-state index contributed by atoms with van der Waals surface area (Å²) >= 11 is 0. The van der Waals surface area contributed by atoms with Gasteiger partial charge in [-0.1, -0.05) is 48.5 Å². The van der Waals surface area contributed by atoms with Crippen LogP contribution >= 0.6 is 0 Å². The van der Waals surface area contributed by atoms with Gasteiger partial charge in [0.15, 0.2) is 11.5 Å². The predicted octanol–water partition coefficient (Wildman–Crippen LogP) is 5.14. The van der Waals surface area contributed by atoms with Crippen molar-refractivity contribution in [2.45, 2.75) is 26.6 Å². The fourth-order valence-electron chi connectivity index (χ4n) is 3.32. The van der Waals surface area contributed by atoms with E-state index >= 15 is 0 Å². The third-order valence-electron chi connectivity index (χ3n) is 4.91. The Morgan fingerprint density at radius 1 is 0.774 bits per heavy atom. The lowest BCUT2D eigenvalue weighted by molar-refractivity contribution is 0.269. The highest BCUT2D eigenvalue weighted by Gasteiger charge is 2.07. The molecule has 0 fully saturated rings. The highest BCUT2D eigenvalue weighted by Crippen LogP contribution is 2.29. The zero-order valence-corrected chi connectivity index (χ0v) is 17.7. The maximum atomic E-state index is 5.99. The number of hydrogen-bond donors (Lipinski definition) is 1. The van der Waals surface area contributed by atoms with Crippen molar-refractivity contribution in [3.05, 3.63) is 108 Å². The standard InChI is InChI=1S/C26H27N3O2/c1-2-30-26-17-23(11-14-25(26)31-20-22-7-4-3-5-8-22)19-27-18-21-9-12-24(13-10-21)29-16-6-15-28-29/h3-17,27H,2,18-20H2,1H3. The molecule has 1 aromatic heterocycles. The Balaban J connectivity index is 1.33. The van der Waals surface area contributed by atoms with Gasteiger partial charge < -0.3 is 14.8 Å². The largest absolute Gasteiger partial charge is 0.490 e. The Bertz CT molecular complexity index is 1060. The first-order chi connectivity index (χ1) is 15.3. The molecule has 0 saturated carbocycles. The van der Waals surface area contributed by atoms with Gasteiger partial charge in [0.05, 0.1) is 12.3 Å². The fourth-order valence-corrected chi connectivity index (χ4v) is 3.32. The third-order valence-corrected chi connectivity index (χ3v) is 4.91. The van der Waals surface area contributed by atoms with Crippen LogP contribution in [0.25, 0.3) is 5.69 Å². The summed E-state index contributed by atoms with van der Waals surface area (Å²) in [5, 5.41) is 7.76. The summed E-state index contributed by atoms with van der Waals surface area (Å²) in [6.45, 7) is 4.64. The summed E-state index contributed by atoms with van der Waals surface area (Å²) in [7, 11) is 0. The molecular formula is C26H27N3O2. The summed E-state index contributed by atoms with van der Waals surface area (Å²) in [6.07, 6.45) is 3.72. The zero-order valence-electron chi connectivity index (χ0n) is 17.7. The van der Waals surface area contributed by atoms with Crippen molar-refractivity contribution in [2.75, 3.05) is 6.61 Å². The first-order valence-corrected chi connectivity index (χ1v) is 10.5. The number of nitrogens with zero attached hydrogens (tertiary/aromatic N) is 2. The van der Waals surface area contributed by atoms with Gasteiger partial charge in [-0.2, -0.15) is 5.10 Å². The highest BCUT2D eigenvalue weighted by molar-refractivity contribution is 5.43. The van der Waals surface area contributed by atoms with Crippen molar-refractivity contribution < 1.29 is 9.47 Å². The van der Waals surface area contributed by atoms with Gasteiger partial charge in [0.2, 0.25) is 0 Å². The Morgan fingerprint density at radius 3 is 2.29 bits per heavy atom. The minimum atomic E-state index is 0.521. The average Bonchev–Trinajstić information content (AvgIpc) is 3.35. The summed E-state index contributed by atoms with van der Waals surface area (Å²) in [5.41, 5.74) is 4.57. The monoisotopic (exact) mass is 413 g/mol. The van der Waals surface area contributed by atoms with Crippen molar-refractivity contribution in [3.63, 3.8) is 0 Å². The second-order valence-electron chi connectivity index (χ2n) is 7.21. The summed E-state index contributed by atoms with van der Waals surface area (Å²) in [4.78, 5) is 0. The Morgan fingerprint density at radius 2 is 1.55 bits per heavy atom. The molecule has 3 aromatic carbocycles. The van der Waals surface area contributed by atoms with E-state index in [0.29, 0.717) is 13.2 Å². The lowest BCUT2D eigenvalue weighted by Crippen LogP contribution is -2.13. The van der Waals surface area contributed by atoms with Crippen LogP contribution in [0.2, 0.25) is 0 Å². The van der Waals surface area contributed by atoms with E-state index in [4.69, 9.17) is 9.47 Å². The molecule has 1 heterocycles. The smallest absolute Gasteiger partial charge is 0.161 e. The van der Waals surface area contributed by atoms with Crippen molar-refractivity contribution in [1.82, 2.24) is 15.1 Å². The molecule has 5 nitrogen and oxygen atoms in total. The van der Waals surface area contributed by atoms with Crippen LogP contribution in [0.15, 0.2) is 91.3 Å². The zero-order chi connectivity index (χ0) is 21.3. The minimum Gasteiger partial charge on any atom is -0.490 e. The van der Waals surface area contributed by atoms with E-state index in [1.807, 2.05) is 48.1 Å². The van der Waals surface area contributed by atoms with Gasteiger partial charge in [0.1, 0.15) is 6.61 Å². The van der Waals surface area contributed by atoms with Crippen molar-refractivity contribution in [2.24, 2.45) is 0 Å². The SMILES string of the molecule is CCOc1cc(CNCc2ccc(-n3cccn3)cc2)ccc1OCc1ccccc1. The second-order valence-corrected chi connectivity index (χ2v) is 7.21. The molecule has 0 saturated heterocycles. The molecule has 31 heavy (non-hydrogen) atoms. The van der Waals surface area contributed by atoms with E-state index < -0.39 is 0 Å². The molecule has 0 aliphatic carbocycles. The van der Waals surface area contributed by atoms with Crippen LogP contribution in [-0.4, -0.2) is 16.4 Å². The van der Waals surface area contributed by atoms with E-state index in [0.717, 1.165) is 41.4 Å². The molecule has 4 rings (SSSR count).